The number of amides is 1. The number of aliphatic hydroxyl groups excluding tert-OH is 3. The smallest absolute Gasteiger partial charge is 0.416 e. The number of carboxylic acids is 1. The normalized spacial score (nSPS) is 26.1. The van der Waals surface area contributed by atoms with E-state index in [1.165, 1.54) is 19.6 Å². The average molecular weight is 731 g/mol. The molecule has 0 radical (unpaired) electrons. The second-order valence-corrected chi connectivity index (χ2v) is 14.2. The lowest BCUT2D eigenvalue weighted by Crippen LogP contribution is -2.61. The Morgan fingerprint density at radius 2 is 1.74 bits per heavy atom. The highest BCUT2D eigenvalue weighted by molar-refractivity contribution is 7.89. The van der Waals surface area contributed by atoms with Crippen LogP contribution in [-0.2, 0) is 25.7 Å². The Labute approximate surface area is 284 Å². The zero-order valence-electron chi connectivity index (χ0n) is 27.1. The van der Waals surface area contributed by atoms with E-state index in [1.807, 2.05) is 11.9 Å². The molecule has 0 unspecified atom stereocenters. The molecule has 20 heteroatoms. The fraction of sp³-hybridized carbons (Fsp3) is 0.533. The quantitative estimate of drug-likeness (QED) is 0.211. The van der Waals surface area contributed by atoms with Crippen LogP contribution in [0.15, 0.2) is 36.8 Å². The Hall–Kier alpha value is -4.08. The molecule has 1 aliphatic carbocycles. The lowest BCUT2D eigenvalue weighted by Gasteiger charge is -2.38. The van der Waals surface area contributed by atoms with Crippen molar-refractivity contribution in [3.63, 3.8) is 0 Å². The summed E-state index contributed by atoms with van der Waals surface area (Å²) in [5.74, 6) is -1.62. The van der Waals surface area contributed by atoms with Gasteiger partial charge in [0.05, 0.1) is 22.4 Å². The Bertz CT molecular complexity index is 1840. The van der Waals surface area contributed by atoms with Crippen LogP contribution < -0.4 is 19.3 Å². The summed E-state index contributed by atoms with van der Waals surface area (Å²) >= 11 is 0. The molecule has 274 valence electrons. The molecule has 5 N–H and O–H groups in total. The van der Waals surface area contributed by atoms with Gasteiger partial charge in [0.25, 0.3) is 0 Å². The fourth-order valence-electron chi connectivity index (χ4n) is 6.23. The molecule has 1 amide bonds. The molecular formula is C30H37F3N6O10S. The summed E-state index contributed by atoms with van der Waals surface area (Å²) in [5.41, 5.74) is -1.49. The SMILES string of the molecule is CNS(=O)(=O)CC1CCC(N(C)c2ncnc3c2ccn3C(=O)N(C)c2cc(C(F)(F)F)ccc2O[C@@H]2O[C@H](C(=O)O)[C@@H](O)[C@H](O)[C@H]2O)CC1. The molecule has 50 heavy (non-hydrogen) atoms. The molecule has 5 atom stereocenters. The van der Waals surface area contributed by atoms with Crippen molar-refractivity contribution >= 4 is 44.6 Å². The van der Waals surface area contributed by atoms with Gasteiger partial charge in [0, 0.05) is 26.3 Å². The number of hydrogen-bond donors (Lipinski definition) is 5. The van der Waals surface area contributed by atoms with E-state index in [0.717, 1.165) is 22.6 Å². The van der Waals surface area contributed by atoms with Gasteiger partial charge in [-0.1, -0.05) is 0 Å². The van der Waals surface area contributed by atoms with Crippen molar-refractivity contribution in [1.29, 1.82) is 0 Å². The maximum Gasteiger partial charge on any atom is 0.416 e. The summed E-state index contributed by atoms with van der Waals surface area (Å²) in [6, 6.07) is 2.79. The molecule has 1 saturated heterocycles. The topological polar surface area (TPSA) is 217 Å². The van der Waals surface area contributed by atoms with Crippen molar-refractivity contribution in [3.8, 4) is 5.75 Å². The number of halogens is 3. The summed E-state index contributed by atoms with van der Waals surface area (Å²) in [4.78, 5) is 36.8. The fourth-order valence-corrected chi connectivity index (χ4v) is 7.35. The van der Waals surface area contributed by atoms with Crippen LogP contribution in [0.3, 0.4) is 0 Å². The lowest BCUT2D eigenvalue weighted by atomic mass is 9.86. The predicted octanol–water partition coefficient (Wildman–Crippen LogP) is 1.37. The van der Waals surface area contributed by atoms with Crippen molar-refractivity contribution < 1.29 is 61.1 Å². The largest absolute Gasteiger partial charge is 0.479 e. The summed E-state index contributed by atoms with van der Waals surface area (Å²) in [6.45, 7) is 0. The molecule has 2 aromatic heterocycles. The minimum absolute atomic E-state index is 0.00433. The van der Waals surface area contributed by atoms with Gasteiger partial charge < -0.3 is 34.8 Å². The molecule has 3 heterocycles. The van der Waals surface area contributed by atoms with Crippen LogP contribution in [0.5, 0.6) is 5.75 Å². The van der Waals surface area contributed by atoms with Crippen LogP contribution in [0.4, 0.5) is 29.5 Å². The number of carbonyl (C=O) groups excluding carboxylic acids is 1. The zero-order chi connectivity index (χ0) is 36.7. The number of nitrogens with one attached hydrogen (secondary N) is 1. The van der Waals surface area contributed by atoms with E-state index in [4.69, 9.17) is 9.47 Å². The number of carbonyl (C=O) groups is 2. The Kier molecular flexibility index (Phi) is 10.6. The third-order valence-electron chi connectivity index (χ3n) is 9.12. The van der Waals surface area contributed by atoms with Gasteiger partial charge in [-0.15, -0.1) is 0 Å². The monoisotopic (exact) mass is 730 g/mol. The standard InChI is InChI=1S/C30H37F3N6O10S/c1-34-50(46,47)13-15-4-7-17(8-5-15)37(2)25-18-10-11-39(26(18)36-14-35-25)29(45)38(3)19-12-16(30(31,32)33)6-9-20(19)48-28-23(42)21(40)22(41)24(49-28)27(43)44/h6,9-12,14-15,17,21-24,28,34,40-42H,4-5,7-8,13H2,1-3H3,(H,43,44)/t15?,17?,21-,22-,23+,24-,28+/m0/s1. The number of nitrogens with zero attached hydrogens (tertiary/aromatic N) is 5. The first kappa shape index (κ1) is 37.2. The van der Waals surface area contributed by atoms with Gasteiger partial charge in [0.1, 0.15) is 36.2 Å². The molecular weight excluding hydrogens is 693 g/mol. The van der Waals surface area contributed by atoms with E-state index in [9.17, 15) is 51.6 Å². The van der Waals surface area contributed by atoms with E-state index in [1.54, 1.807) is 6.07 Å². The van der Waals surface area contributed by atoms with Gasteiger partial charge in [-0.3, -0.25) is 9.47 Å². The number of anilines is 2. The average Bonchev–Trinajstić information content (AvgIpc) is 3.51. The number of alkyl halides is 3. The number of ether oxygens (including phenoxy) is 2. The number of fused-ring (bicyclic) bond motifs is 1. The van der Waals surface area contributed by atoms with Gasteiger partial charge in [0.2, 0.25) is 16.3 Å². The maximum atomic E-state index is 13.9. The molecule has 1 aromatic carbocycles. The Morgan fingerprint density at radius 3 is 2.36 bits per heavy atom. The van der Waals surface area contributed by atoms with E-state index < -0.39 is 75.9 Å². The minimum Gasteiger partial charge on any atom is -0.479 e. The summed E-state index contributed by atoms with van der Waals surface area (Å²) in [6.07, 6.45) is -9.62. The molecule has 5 rings (SSSR count). The van der Waals surface area contributed by atoms with Crippen molar-refractivity contribution in [1.82, 2.24) is 19.3 Å². The first-order valence-corrected chi connectivity index (χ1v) is 17.1. The van der Waals surface area contributed by atoms with Crippen LogP contribution in [0.1, 0.15) is 31.2 Å². The van der Waals surface area contributed by atoms with E-state index in [0.29, 0.717) is 49.0 Å². The van der Waals surface area contributed by atoms with E-state index in [2.05, 4.69) is 14.7 Å². The van der Waals surface area contributed by atoms with Gasteiger partial charge in [-0.05, 0) is 62.9 Å². The number of aliphatic carboxylic acids is 1. The summed E-state index contributed by atoms with van der Waals surface area (Å²) in [7, 11) is 1.01. The molecule has 1 saturated carbocycles. The van der Waals surface area contributed by atoms with Crippen LogP contribution in [0, 0.1) is 5.92 Å². The highest BCUT2D eigenvalue weighted by Crippen LogP contribution is 2.39. The number of carboxylic acid groups (broad SMARTS) is 1. The molecule has 0 bridgehead atoms. The molecule has 2 aliphatic rings. The van der Waals surface area contributed by atoms with Gasteiger partial charge in [-0.2, -0.15) is 13.2 Å². The lowest BCUT2D eigenvalue weighted by molar-refractivity contribution is -0.271. The second kappa shape index (κ2) is 14.3. The number of benzene rings is 1. The molecule has 3 aromatic rings. The Morgan fingerprint density at radius 1 is 1.06 bits per heavy atom. The summed E-state index contributed by atoms with van der Waals surface area (Å²) in [5, 5.41) is 40.4. The summed E-state index contributed by atoms with van der Waals surface area (Å²) < 4.78 is 79.5. The molecule has 16 nitrogen and oxygen atoms in total. The third kappa shape index (κ3) is 7.49. The first-order chi connectivity index (χ1) is 23.4. The van der Waals surface area contributed by atoms with E-state index in [-0.39, 0.29) is 23.4 Å². The van der Waals surface area contributed by atoms with Crippen molar-refractivity contribution in [3.05, 3.63) is 42.4 Å². The van der Waals surface area contributed by atoms with Crippen LogP contribution in [0.2, 0.25) is 0 Å². The minimum atomic E-state index is -4.85. The highest BCUT2D eigenvalue weighted by Gasteiger charge is 2.48. The molecule has 1 aliphatic heterocycles. The van der Waals surface area contributed by atoms with Crippen molar-refractivity contribution in [2.24, 2.45) is 5.92 Å². The number of aliphatic hydroxyl groups is 3. The predicted molar refractivity (Wildman–Crippen MR) is 170 cm³/mol. The number of sulfonamides is 1. The first-order valence-electron chi connectivity index (χ1n) is 15.5. The van der Waals surface area contributed by atoms with Crippen molar-refractivity contribution in [2.75, 3.05) is 36.7 Å². The van der Waals surface area contributed by atoms with E-state index >= 15 is 0 Å². The van der Waals surface area contributed by atoms with Gasteiger partial charge in [-0.25, -0.2) is 32.7 Å². The number of rotatable bonds is 9. The van der Waals surface area contributed by atoms with Crippen LogP contribution >= 0.6 is 0 Å². The maximum absolute atomic E-state index is 13.9. The number of hydrogen-bond acceptors (Lipinski definition) is 12. The molecule has 2 fully saturated rings. The van der Waals surface area contributed by atoms with Gasteiger partial charge in [0.15, 0.2) is 11.8 Å². The molecule has 0 spiro atoms. The Balaban J connectivity index is 1.42. The van der Waals surface area contributed by atoms with Crippen LogP contribution in [0.25, 0.3) is 11.0 Å². The highest BCUT2D eigenvalue weighted by atomic mass is 32.2. The zero-order valence-corrected chi connectivity index (χ0v) is 27.9. The number of aromatic nitrogens is 3. The van der Waals surface area contributed by atoms with Crippen molar-refractivity contribution in [2.45, 2.75) is 68.6 Å². The second-order valence-electron chi connectivity index (χ2n) is 12.3. The van der Waals surface area contributed by atoms with Crippen LogP contribution in [-0.4, -0.2) is 119 Å². The third-order valence-corrected chi connectivity index (χ3v) is 10.7. The van der Waals surface area contributed by atoms with Gasteiger partial charge >= 0.3 is 18.2 Å².